The summed E-state index contributed by atoms with van der Waals surface area (Å²) < 4.78 is 6.63. The Morgan fingerprint density at radius 2 is 2.29 bits per heavy atom. The van der Waals surface area contributed by atoms with E-state index in [9.17, 15) is 4.79 Å². The molecule has 0 atom stereocenters. The Hall–Kier alpha value is -2.57. The predicted molar refractivity (Wildman–Crippen MR) is 80.0 cm³/mol. The zero-order valence-electron chi connectivity index (χ0n) is 12.2. The number of nitrogen functional groups attached to an aromatic ring is 1. The minimum Gasteiger partial charge on any atom is -0.462 e. The molecule has 2 aromatic rings. The number of rotatable bonds is 6. The predicted octanol–water partition coefficient (Wildman–Crippen LogP) is 1.23. The molecule has 112 valence electrons. The average molecular weight is 289 g/mol. The molecule has 0 amide bonds. The van der Waals surface area contributed by atoms with Crippen LogP contribution in [0.25, 0.3) is 0 Å². The third kappa shape index (κ3) is 3.95. The van der Waals surface area contributed by atoms with Crippen molar-refractivity contribution < 1.29 is 9.53 Å². The summed E-state index contributed by atoms with van der Waals surface area (Å²) in [6, 6.07) is 5.21. The SMILES string of the molecule is CCOC(=O)c1cc(NCCc2ncn(C)n2)ccc1N. The number of nitrogens with two attached hydrogens (primary N) is 1. The molecule has 0 bridgehead atoms. The molecular weight excluding hydrogens is 270 g/mol. The van der Waals surface area contributed by atoms with Gasteiger partial charge in [-0.25, -0.2) is 9.78 Å². The zero-order valence-corrected chi connectivity index (χ0v) is 12.2. The van der Waals surface area contributed by atoms with Crippen molar-refractivity contribution in [3.05, 3.63) is 35.9 Å². The van der Waals surface area contributed by atoms with Crippen LogP contribution in [0.2, 0.25) is 0 Å². The molecule has 1 aromatic heterocycles. The van der Waals surface area contributed by atoms with E-state index in [0.29, 0.717) is 30.8 Å². The summed E-state index contributed by atoms with van der Waals surface area (Å²) >= 11 is 0. The van der Waals surface area contributed by atoms with Gasteiger partial charge in [-0.1, -0.05) is 0 Å². The van der Waals surface area contributed by atoms with Gasteiger partial charge in [-0.2, -0.15) is 5.10 Å². The molecular formula is C14H19N5O2. The monoisotopic (exact) mass is 289 g/mol. The molecule has 0 saturated carbocycles. The Labute approximate surface area is 123 Å². The lowest BCUT2D eigenvalue weighted by molar-refractivity contribution is 0.0527. The molecule has 7 heteroatoms. The summed E-state index contributed by atoms with van der Waals surface area (Å²) in [5.74, 6) is 0.358. The van der Waals surface area contributed by atoms with E-state index in [-0.39, 0.29) is 0 Å². The van der Waals surface area contributed by atoms with Crippen molar-refractivity contribution in [3.8, 4) is 0 Å². The quantitative estimate of drug-likeness (QED) is 0.613. The molecule has 0 radical (unpaired) electrons. The van der Waals surface area contributed by atoms with Gasteiger partial charge in [0, 0.05) is 31.4 Å². The Morgan fingerprint density at radius 1 is 1.48 bits per heavy atom. The largest absolute Gasteiger partial charge is 0.462 e. The number of ether oxygens (including phenoxy) is 1. The highest BCUT2D eigenvalue weighted by Gasteiger charge is 2.11. The van der Waals surface area contributed by atoms with E-state index < -0.39 is 5.97 Å². The number of aryl methyl sites for hydroxylation is 1. The van der Waals surface area contributed by atoms with Gasteiger partial charge in [-0.15, -0.1) is 0 Å². The first-order chi connectivity index (χ1) is 10.1. The highest BCUT2D eigenvalue weighted by molar-refractivity contribution is 5.96. The third-order valence-electron chi connectivity index (χ3n) is 2.87. The van der Waals surface area contributed by atoms with Crippen molar-refractivity contribution in [2.45, 2.75) is 13.3 Å². The third-order valence-corrected chi connectivity index (χ3v) is 2.87. The number of anilines is 2. The summed E-state index contributed by atoms with van der Waals surface area (Å²) in [5.41, 5.74) is 7.38. The van der Waals surface area contributed by atoms with Crippen molar-refractivity contribution in [1.82, 2.24) is 14.8 Å². The summed E-state index contributed by atoms with van der Waals surface area (Å²) in [7, 11) is 1.83. The lowest BCUT2D eigenvalue weighted by Crippen LogP contribution is -2.10. The molecule has 0 aliphatic rings. The van der Waals surface area contributed by atoms with Crippen molar-refractivity contribution in [2.75, 3.05) is 24.2 Å². The fourth-order valence-corrected chi connectivity index (χ4v) is 1.87. The topological polar surface area (TPSA) is 95.1 Å². The lowest BCUT2D eigenvalue weighted by Gasteiger charge is -2.09. The number of hydrogen-bond acceptors (Lipinski definition) is 6. The van der Waals surface area contributed by atoms with Gasteiger partial charge >= 0.3 is 5.97 Å². The number of esters is 1. The van der Waals surface area contributed by atoms with Crippen LogP contribution in [-0.2, 0) is 18.2 Å². The van der Waals surface area contributed by atoms with Crippen molar-refractivity contribution in [1.29, 1.82) is 0 Å². The fraction of sp³-hybridized carbons (Fsp3) is 0.357. The van der Waals surface area contributed by atoms with Crippen molar-refractivity contribution in [2.24, 2.45) is 7.05 Å². The maximum Gasteiger partial charge on any atom is 0.340 e. The fourth-order valence-electron chi connectivity index (χ4n) is 1.87. The van der Waals surface area contributed by atoms with Crippen LogP contribution in [-0.4, -0.2) is 33.9 Å². The minimum absolute atomic E-state index is 0.321. The highest BCUT2D eigenvalue weighted by Crippen LogP contribution is 2.18. The van der Waals surface area contributed by atoms with Gasteiger partial charge in [0.1, 0.15) is 6.33 Å². The first-order valence-electron chi connectivity index (χ1n) is 6.75. The van der Waals surface area contributed by atoms with E-state index in [0.717, 1.165) is 11.5 Å². The van der Waals surface area contributed by atoms with Crippen LogP contribution in [0.4, 0.5) is 11.4 Å². The zero-order chi connectivity index (χ0) is 15.2. The Balaban J connectivity index is 1.97. The smallest absolute Gasteiger partial charge is 0.340 e. The number of nitrogens with one attached hydrogen (secondary N) is 1. The minimum atomic E-state index is -0.412. The van der Waals surface area contributed by atoms with E-state index in [2.05, 4.69) is 15.4 Å². The van der Waals surface area contributed by atoms with E-state index in [1.165, 1.54) is 0 Å². The van der Waals surface area contributed by atoms with Gasteiger partial charge in [0.05, 0.1) is 12.2 Å². The second-order valence-electron chi connectivity index (χ2n) is 4.53. The van der Waals surface area contributed by atoms with Crippen molar-refractivity contribution >= 4 is 17.3 Å². The van der Waals surface area contributed by atoms with E-state index >= 15 is 0 Å². The molecule has 0 unspecified atom stereocenters. The molecule has 7 nitrogen and oxygen atoms in total. The van der Waals surface area contributed by atoms with Gasteiger partial charge in [0.25, 0.3) is 0 Å². The Kier molecular flexibility index (Phi) is 4.76. The van der Waals surface area contributed by atoms with Crippen LogP contribution in [0.1, 0.15) is 23.1 Å². The van der Waals surface area contributed by atoms with Crippen LogP contribution in [0.3, 0.4) is 0 Å². The van der Waals surface area contributed by atoms with Crippen LogP contribution < -0.4 is 11.1 Å². The second kappa shape index (κ2) is 6.74. The first kappa shape index (κ1) is 14.8. The van der Waals surface area contributed by atoms with Crippen LogP contribution in [0.5, 0.6) is 0 Å². The molecule has 2 rings (SSSR count). The summed E-state index contributed by atoms with van der Waals surface area (Å²) in [6.07, 6.45) is 2.36. The van der Waals surface area contributed by atoms with Gasteiger partial charge in [0.2, 0.25) is 0 Å². The second-order valence-corrected chi connectivity index (χ2v) is 4.53. The highest BCUT2D eigenvalue weighted by atomic mass is 16.5. The Morgan fingerprint density at radius 3 is 2.95 bits per heavy atom. The molecule has 0 saturated heterocycles. The van der Waals surface area contributed by atoms with E-state index in [1.54, 1.807) is 30.1 Å². The number of aromatic nitrogens is 3. The van der Waals surface area contributed by atoms with Gasteiger partial charge < -0.3 is 15.8 Å². The summed E-state index contributed by atoms with van der Waals surface area (Å²) in [6.45, 7) is 2.74. The molecule has 0 spiro atoms. The average Bonchev–Trinajstić information content (AvgIpc) is 2.86. The molecule has 0 fully saturated rings. The maximum absolute atomic E-state index is 11.8. The van der Waals surface area contributed by atoms with E-state index in [1.807, 2.05) is 13.1 Å². The van der Waals surface area contributed by atoms with Crippen LogP contribution in [0.15, 0.2) is 24.5 Å². The van der Waals surface area contributed by atoms with Crippen LogP contribution in [0, 0.1) is 0 Å². The van der Waals surface area contributed by atoms with Gasteiger partial charge in [0.15, 0.2) is 5.82 Å². The summed E-state index contributed by atoms with van der Waals surface area (Å²) in [5, 5.41) is 7.41. The molecule has 1 heterocycles. The maximum atomic E-state index is 11.8. The molecule has 0 aliphatic heterocycles. The van der Waals surface area contributed by atoms with E-state index in [4.69, 9.17) is 10.5 Å². The number of nitrogens with zero attached hydrogens (tertiary/aromatic N) is 3. The number of hydrogen-bond donors (Lipinski definition) is 2. The van der Waals surface area contributed by atoms with Crippen molar-refractivity contribution in [3.63, 3.8) is 0 Å². The Bertz CT molecular complexity index is 624. The summed E-state index contributed by atoms with van der Waals surface area (Å²) in [4.78, 5) is 15.9. The standard InChI is InChI=1S/C14H19N5O2/c1-3-21-14(20)11-8-10(4-5-12(11)15)16-7-6-13-17-9-19(2)18-13/h4-5,8-9,16H,3,6-7,15H2,1-2H3. The number of carbonyl (C=O) groups is 1. The van der Waals surface area contributed by atoms with Gasteiger partial charge in [-0.05, 0) is 25.1 Å². The molecule has 1 aromatic carbocycles. The number of benzene rings is 1. The number of carbonyl (C=O) groups excluding carboxylic acids is 1. The molecule has 21 heavy (non-hydrogen) atoms. The molecule has 0 aliphatic carbocycles. The lowest BCUT2D eigenvalue weighted by atomic mass is 10.1. The first-order valence-corrected chi connectivity index (χ1v) is 6.75. The molecule has 3 N–H and O–H groups in total. The van der Waals surface area contributed by atoms with Gasteiger partial charge in [-0.3, -0.25) is 4.68 Å². The van der Waals surface area contributed by atoms with Crippen LogP contribution >= 0.6 is 0 Å². The normalized spacial score (nSPS) is 10.4.